The van der Waals surface area contributed by atoms with Crippen molar-refractivity contribution in [1.82, 2.24) is 10.9 Å². The Hall–Kier alpha value is -3.35. The number of amides is 2. The van der Waals surface area contributed by atoms with Crippen LogP contribution in [-0.4, -0.2) is 11.8 Å². The smallest absolute Gasteiger partial charge is 0.305 e. The van der Waals surface area contributed by atoms with E-state index in [1.807, 2.05) is 0 Å². The number of furan rings is 2. The predicted molar refractivity (Wildman–Crippen MR) is 87.2 cm³/mol. The van der Waals surface area contributed by atoms with Crippen LogP contribution in [0.1, 0.15) is 32.4 Å². The van der Waals surface area contributed by atoms with Gasteiger partial charge in [0.15, 0.2) is 5.76 Å². The minimum absolute atomic E-state index is 0.0136. The highest BCUT2D eigenvalue weighted by Gasteiger charge is 2.16. The van der Waals surface area contributed by atoms with Gasteiger partial charge in [0.05, 0.1) is 5.56 Å². The van der Waals surface area contributed by atoms with Crippen LogP contribution in [0.4, 0.5) is 4.39 Å². The number of benzene rings is 1. The average Bonchev–Trinajstić information content (AvgIpc) is 3.20. The quantitative estimate of drug-likeness (QED) is 0.715. The Kier molecular flexibility index (Phi) is 4.38. The monoisotopic (exact) mass is 342 g/mol. The molecule has 3 rings (SSSR count). The normalized spacial score (nSPS) is 10.5. The highest BCUT2D eigenvalue weighted by atomic mass is 19.1. The molecule has 2 N–H and O–H groups in total. The van der Waals surface area contributed by atoms with Gasteiger partial charge >= 0.3 is 5.91 Å². The highest BCUT2D eigenvalue weighted by Crippen LogP contribution is 2.22. The van der Waals surface area contributed by atoms with E-state index < -0.39 is 11.8 Å². The summed E-state index contributed by atoms with van der Waals surface area (Å²) in [6, 6.07) is 10.3. The lowest BCUT2D eigenvalue weighted by atomic mass is 10.2. The standard InChI is InChI=1S/C18H15FN2O4/c1-10-9-14(11(2)24-10)17(22)20-21-18(23)16-8-7-15(25-16)12-3-5-13(19)6-4-12/h3-9H,1-2H3,(H,20,22)(H,21,23). The lowest BCUT2D eigenvalue weighted by molar-refractivity contribution is 0.0830. The Morgan fingerprint density at radius 2 is 1.60 bits per heavy atom. The fourth-order valence-corrected chi connectivity index (χ4v) is 2.33. The number of hydrazine groups is 1. The van der Waals surface area contributed by atoms with Gasteiger partial charge in [-0.1, -0.05) is 0 Å². The molecule has 0 aliphatic carbocycles. The third-order valence-electron chi connectivity index (χ3n) is 3.53. The molecule has 0 aliphatic rings. The van der Waals surface area contributed by atoms with Gasteiger partial charge in [-0.25, -0.2) is 4.39 Å². The molecule has 6 nitrogen and oxygen atoms in total. The number of carbonyl (C=O) groups excluding carboxylic acids is 2. The molecule has 25 heavy (non-hydrogen) atoms. The van der Waals surface area contributed by atoms with Crippen molar-refractivity contribution in [3.8, 4) is 11.3 Å². The number of rotatable bonds is 3. The first-order chi connectivity index (χ1) is 11.9. The Bertz CT molecular complexity index is 925. The number of hydrogen-bond acceptors (Lipinski definition) is 4. The van der Waals surface area contributed by atoms with Gasteiger partial charge in [0.2, 0.25) is 0 Å². The number of halogens is 1. The molecule has 1 aromatic carbocycles. The predicted octanol–water partition coefficient (Wildman–Crippen LogP) is 3.37. The van der Waals surface area contributed by atoms with Crippen molar-refractivity contribution in [3.63, 3.8) is 0 Å². The third kappa shape index (κ3) is 3.60. The van der Waals surface area contributed by atoms with E-state index in [-0.39, 0.29) is 11.6 Å². The Morgan fingerprint density at radius 1 is 0.920 bits per heavy atom. The molecule has 0 atom stereocenters. The average molecular weight is 342 g/mol. The van der Waals surface area contributed by atoms with Gasteiger partial charge in [-0.2, -0.15) is 0 Å². The van der Waals surface area contributed by atoms with E-state index in [4.69, 9.17) is 8.83 Å². The molecule has 0 bridgehead atoms. The first kappa shape index (κ1) is 16.5. The fourth-order valence-electron chi connectivity index (χ4n) is 2.33. The Morgan fingerprint density at radius 3 is 2.24 bits per heavy atom. The largest absolute Gasteiger partial charge is 0.466 e. The second kappa shape index (κ2) is 6.64. The van der Waals surface area contributed by atoms with Gasteiger partial charge in [0.1, 0.15) is 23.1 Å². The molecule has 0 saturated carbocycles. The minimum atomic E-state index is -0.611. The minimum Gasteiger partial charge on any atom is -0.466 e. The molecule has 0 unspecified atom stereocenters. The van der Waals surface area contributed by atoms with Crippen LogP contribution < -0.4 is 10.9 Å². The maximum atomic E-state index is 12.9. The second-order valence-electron chi connectivity index (χ2n) is 5.41. The maximum Gasteiger partial charge on any atom is 0.305 e. The summed E-state index contributed by atoms with van der Waals surface area (Å²) in [5.74, 6) is 0.0238. The molecule has 0 saturated heterocycles. The zero-order valence-electron chi connectivity index (χ0n) is 13.6. The summed E-state index contributed by atoms with van der Waals surface area (Å²) in [6.07, 6.45) is 0. The summed E-state index contributed by atoms with van der Waals surface area (Å²) in [4.78, 5) is 24.1. The zero-order chi connectivity index (χ0) is 18.0. The van der Waals surface area contributed by atoms with Crippen LogP contribution in [0.2, 0.25) is 0 Å². The molecule has 0 radical (unpaired) electrons. The van der Waals surface area contributed by atoms with Crippen LogP contribution >= 0.6 is 0 Å². The summed E-state index contributed by atoms with van der Waals surface area (Å²) >= 11 is 0. The van der Waals surface area contributed by atoms with Gasteiger partial charge in [-0.05, 0) is 56.3 Å². The van der Waals surface area contributed by atoms with Crippen LogP contribution in [-0.2, 0) is 0 Å². The van der Waals surface area contributed by atoms with Crippen molar-refractivity contribution in [3.05, 3.63) is 71.1 Å². The third-order valence-corrected chi connectivity index (χ3v) is 3.53. The topological polar surface area (TPSA) is 84.5 Å². The fraction of sp³-hybridized carbons (Fsp3) is 0.111. The molecular formula is C18H15FN2O4. The van der Waals surface area contributed by atoms with Crippen molar-refractivity contribution in [2.24, 2.45) is 0 Å². The molecule has 0 spiro atoms. The summed E-state index contributed by atoms with van der Waals surface area (Å²) in [5.41, 5.74) is 5.54. The van der Waals surface area contributed by atoms with E-state index >= 15 is 0 Å². The van der Waals surface area contributed by atoms with Gasteiger partial charge < -0.3 is 8.83 Å². The summed E-state index contributed by atoms with van der Waals surface area (Å²) < 4.78 is 23.6. The van der Waals surface area contributed by atoms with Crippen molar-refractivity contribution in [2.45, 2.75) is 13.8 Å². The number of carbonyl (C=O) groups is 2. The molecule has 3 aromatic rings. The highest BCUT2D eigenvalue weighted by molar-refractivity contribution is 5.98. The Labute approximate surface area is 142 Å². The van der Waals surface area contributed by atoms with Gasteiger partial charge in [-0.15, -0.1) is 0 Å². The van der Waals surface area contributed by atoms with Crippen molar-refractivity contribution >= 4 is 11.8 Å². The van der Waals surface area contributed by atoms with Crippen LogP contribution in [0.3, 0.4) is 0 Å². The SMILES string of the molecule is Cc1cc(C(=O)NNC(=O)c2ccc(-c3ccc(F)cc3)o2)c(C)o1. The van der Waals surface area contributed by atoms with E-state index in [9.17, 15) is 14.0 Å². The summed E-state index contributed by atoms with van der Waals surface area (Å²) in [6.45, 7) is 3.38. The van der Waals surface area contributed by atoms with Gasteiger partial charge in [0, 0.05) is 5.56 Å². The molecule has 0 fully saturated rings. The van der Waals surface area contributed by atoms with E-state index in [1.54, 1.807) is 38.1 Å². The van der Waals surface area contributed by atoms with E-state index in [2.05, 4.69) is 10.9 Å². The van der Waals surface area contributed by atoms with Crippen molar-refractivity contribution in [2.75, 3.05) is 0 Å². The van der Waals surface area contributed by atoms with Crippen LogP contribution in [0.5, 0.6) is 0 Å². The van der Waals surface area contributed by atoms with E-state index in [1.165, 1.54) is 18.2 Å². The molecule has 7 heteroatoms. The molecule has 2 amide bonds. The summed E-state index contributed by atoms with van der Waals surface area (Å²) in [7, 11) is 0. The van der Waals surface area contributed by atoms with Gasteiger partial charge in [0.25, 0.3) is 5.91 Å². The lowest BCUT2D eigenvalue weighted by Gasteiger charge is -2.05. The number of nitrogens with one attached hydrogen (secondary N) is 2. The van der Waals surface area contributed by atoms with Crippen molar-refractivity contribution < 1.29 is 22.8 Å². The van der Waals surface area contributed by atoms with Crippen LogP contribution in [0, 0.1) is 19.7 Å². The first-order valence-electron chi connectivity index (χ1n) is 7.47. The molecule has 128 valence electrons. The van der Waals surface area contributed by atoms with Crippen LogP contribution in [0.25, 0.3) is 11.3 Å². The van der Waals surface area contributed by atoms with Crippen molar-refractivity contribution in [1.29, 1.82) is 0 Å². The second-order valence-corrected chi connectivity index (χ2v) is 5.41. The van der Waals surface area contributed by atoms with Gasteiger partial charge in [-0.3, -0.25) is 20.4 Å². The van der Waals surface area contributed by atoms with Crippen LogP contribution in [0.15, 0.2) is 51.3 Å². The lowest BCUT2D eigenvalue weighted by Crippen LogP contribution is -2.41. The molecule has 2 heterocycles. The number of hydrogen-bond donors (Lipinski definition) is 2. The summed E-state index contributed by atoms with van der Waals surface area (Å²) in [5, 5.41) is 0. The Balaban J connectivity index is 1.65. The molecular weight excluding hydrogens is 327 g/mol. The molecule has 2 aromatic heterocycles. The van der Waals surface area contributed by atoms with E-state index in [0.717, 1.165) is 0 Å². The zero-order valence-corrected chi connectivity index (χ0v) is 13.6. The maximum absolute atomic E-state index is 12.9. The van der Waals surface area contributed by atoms with E-state index in [0.29, 0.717) is 28.4 Å². The number of aryl methyl sites for hydroxylation is 2. The molecule has 0 aliphatic heterocycles. The first-order valence-corrected chi connectivity index (χ1v) is 7.47.